The van der Waals surface area contributed by atoms with E-state index in [1.54, 1.807) is 0 Å². The van der Waals surface area contributed by atoms with Crippen LogP contribution in [0.1, 0.15) is 51.4 Å². The number of rotatable bonds is 50. The van der Waals surface area contributed by atoms with Crippen molar-refractivity contribution in [3.8, 4) is 0 Å². The predicted molar refractivity (Wildman–Crippen MR) is 307 cm³/mol. The zero-order valence-electron chi connectivity index (χ0n) is 49.2. The van der Waals surface area contributed by atoms with Crippen molar-refractivity contribution in [3.63, 3.8) is 0 Å². The van der Waals surface area contributed by atoms with Gasteiger partial charge in [0.15, 0.2) is 9.76 Å². The summed E-state index contributed by atoms with van der Waals surface area (Å²) in [4.78, 5) is 0. The predicted octanol–water partition coefficient (Wildman–Crippen LogP) is 1.72. The number of ether oxygens (including phenoxy) is 16. The summed E-state index contributed by atoms with van der Waals surface area (Å²) in [5, 5.41) is 0. The van der Waals surface area contributed by atoms with Crippen LogP contribution >= 0.6 is 0 Å². The summed E-state index contributed by atoms with van der Waals surface area (Å²) < 4.78 is 188. The van der Waals surface area contributed by atoms with Crippen molar-refractivity contribution in [3.05, 3.63) is 0 Å². The van der Waals surface area contributed by atoms with Gasteiger partial charge < -0.3 is 126 Å². The maximum Gasteiger partial charge on any atom is 0.488 e. The number of fused-ring (bicyclic) bond motifs is 4. The third-order valence-corrected chi connectivity index (χ3v) is 49.0. The molecule has 0 aromatic heterocycles. The average molecular weight is 1350 g/mol. The highest BCUT2D eigenvalue weighted by atomic mass is 28.6. The van der Waals surface area contributed by atoms with Crippen LogP contribution in [-0.4, -0.2) is 286 Å². The van der Waals surface area contributed by atoms with Crippen LogP contribution in [0.25, 0.3) is 0 Å². The quantitative estimate of drug-likeness (QED) is 0.0476. The second-order valence-corrected chi connectivity index (χ2v) is 46.9. The SMILES string of the molecule is C(COCC1CO1)C[SiH2]O[Si]1(CCCOCC2CO2)O[Si]2(CCCOCC3CO3)O[Si]3(CCCOCC4CO4)OCO[Si]4(CCCOCC5CO5)O[Si](CCCOCC5CO5)(O3)O[Si](CCCOCC3CO3)(O2)O[Si](CCCOCC2CO2)(O4)O1. The van der Waals surface area contributed by atoms with Crippen LogP contribution in [0.4, 0.5) is 0 Å². The first-order valence-corrected chi connectivity index (χ1v) is 46.6. The Labute approximate surface area is 508 Å². The van der Waals surface area contributed by atoms with Gasteiger partial charge in [0.2, 0.25) is 0 Å². The van der Waals surface area contributed by atoms with Crippen LogP contribution in [0.2, 0.25) is 48.4 Å². The first kappa shape index (κ1) is 65.7. The highest BCUT2D eigenvalue weighted by Gasteiger charge is 2.78. The highest BCUT2D eigenvalue weighted by Crippen LogP contribution is 2.51. The van der Waals surface area contributed by atoms with E-state index in [4.69, 9.17) is 126 Å². The molecule has 6 bridgehead atoms. The lowest BCUT2D eigenvalue weighted by Gasteiger charge is -2.59. The van der Waals surface area contributed by atoms with E-state index in [0.717, 1.165) is 19.1 Å². The molecule has 36 heteroatoms. The largest absolute Gasteiger partial charge is 0.488 e. The fraction of sp³-hybridized carbons (Fsp3) is 1.00. The van der Waals surface area contributed by atoms with Gasteiger partial charge in [-0.25, -0.2) is 0 Å². The van der Waals surface area contributed by atoms with Crippen molar-refractivity contribution in [2.24, 2.45) is 0 Å². The zero-order chi connectivity index (χ0) is 57.6. The Bertz CT molecular complexity index is 1920. The van der Waals surface area contributed by atoms with Crippen LogP contribution in [0.3, 0.4) is 0 Å². The number of hydrogen-bond donors (Lipinski definition) is 0. The van der Waals surface area contributed by atoms with Crippen molar-refractivity contribution in [2.45, 2.75) is 149 Å². The number of epoxide rings is 8. The Morgan fingerprint density at radius 1 is 0.271 bits per heavy atom. The second kappa shape index (κ2) is 31.7. The lowest BCUT2D eigenvalue weighted by Crippen LogP contribution is -2.83. The maximum atomic E-state index is 8.10. The Hall–Kier alpha value is 0.615. The van der Waals surface area contributed by atoms with E-state index < -0.39 is 71.4 Å². The second-order valence-electron chi connectivity index (χ2n) is 23.6. The monoisotopic (exact) mass is 1350 g/mol. The normalized spacial score (nSPS) is 40.0. The van der Waals surface area contributed by atoms with Crippen LogP contribution in [0.15, 0.2) is 0 Å². The van der Waals surface area contributed by atoms with Gasteiger partial charge in [-0.3, -0.25) is 0 Å². The molecular formula is C49H92O28Si8. The summed E-state index contributed by atoms with van der Waals surface area (Å²) in [7, 11) is -31.5. The molecule has 488 valence electrons. The van der Waals surface area contributed by atoms with Crippen LogP contribution in [0, 0.1) is 0 Å². The lowest BCUT2D eigenvalue weighted by atomic mass is 10.5. The molecule has 12 rings (SSSR count). The van der Waals surface area contributed by atoms with Crippen molar-refractivity contribution >= 4 is 71.4 Å². The fourth-order valence-electron chi connectivity index (χ4n) is 10.3. The number of hydrogen-bond acceptors (Lipinski definition) is 28. The summed E-state index contributed by atoms with van der Waals surface area (Å²) in [5.74, 6) is 0. The molecule has 12 atom stereocenters. The molecule has 12 aliphatic heterocycles. The lowest BCUT2D eigenvalue weighted by molar-refractivity contribution is -0.0588. The van der Waals surface area contributed by atoms with Gasteiger partial charge in [-0.05, 0) is 57.4 Å². The summed E-state index contributed by atoms with van der Waals surface area (Å²) in [6.45, 7) is 12.1. The molecule has 12 fully saturated rings. The molecule has 12 heterocycles. The summed E-state index contributed by atoms with van der Waals surface area (Å²) in [5.41, 5.74) is 0. The molecule has 0 aliphatic carbocycles. The standard InChI is InChI=1S/C49H92O28Si8/c1(9-50-25-42-33-58-42)17-78-68-81(20-4-12-53-28-45-36-61-45)73-83(22-6-14-55-30-47-38-63-47)71-79(18-2-10-51-26-43-34-59-43)66-41-67-80(19-3-11-52-27-44-35-60-44)70-82(69-79,21-5-13-54-29-46-37-62-46)75-85(76-83,24-8-16-57-32-49-40-65-49)77-84(72-80,74-81)23-7-15-56-31-48-39-64-48/h42-49H,1-41,78H2. The van der Waals surface area contributed by atoms with E-state index in [9.17, 15) is 0 Å². The van der Waals surface area contributed by atoms with E-state index in [1.807, 2.05) is 0 Å². The molecule has 0 saturated carbocycles. The summed E-state index contributed by atoms with van der Waals surface area (Å²) in [6.07, 6.45) is 4.75. The molecule has 0 spiro atoms. The summed E-state index contributed by atoms with van der Waals surface area (Å²) >= 11 is 0. The maximum absolute atomic E-state index is 8.10. The molecule has 0 aromatic carbocycles. The van der Waals surface area contributed by atoms with E-state index in [1.165, 1.54) is 0 Å². The topological polar surface area (TPSA) is 285 Å². The molecule has 0 N–H and O–H groups in total. The van der Waals surface area contributed by atoms with Crippen LogP contribution < -0.4 is 0 Å². The molecule has 28 nitrogen and oxygen atoms in total. The van der Waals surface area contributed by atoms with Crippen LogP contribution in [-0.2, 0) is 126 Å². The molecule has 0 radical (unpaired) electrons. The third-order valence-electron chi connectivity index (χ3n) is 15.4. The van der Waals surface area contributed by atoms with Gasteiger partial charge in [0, 0.05) is 95.2 Å². The van der Waals surface area contributed by atoms with Crippen molar-refractivity contribution < 1.29 is 126 Å². The summed E-state index contributed by atoms with van der Waals surface area (Å²) in [6, 6.07) is 2.61. The Morgan fingerprint density at radius 3 is 0.765 bits per heavy atom. The average Bonchev–Trinajstić information content (AvgIpc) is 1.79. The van der Waals surface area contributed by atoms with Gasteiger partial charge in [0.25, 0.3) is 0 Å². The van der Waals surface area contributed by atoms with Gasteiger partial charge in [0.1, 0.15) is 55.6 Å². The first-order chi connectivity index (χ1) is 41.7. The molecule has 0 amide bonds. The van der Waals surface area contributed by atoms with E-state index in [0.29, 0.717) is 203 Å². The Morgan fingerprint density at radius 2 is 0.494 bits per heavy atom. The molecule has 12 unspecified atom stereocenters. The van der Waals surface area contributed by atoms with Gasteiger partial charge in [-0.2, -0.15) is 0 Å². The highest BCUT2D eigenvalue weighted by molar-refractivity contribution is 6.99. The van der Waals surface area contributed by atoms with Crippen LogP contribution in [0.5, 0.6) is 0 Å². The smallest absolute Gasteiger partial charge is 0.422 e. The van der Waals surface area contributed by atoms with Crippen molar-refractivity contribution in [2.75, 3.05) is 165 Å². The van der Waals surface area contributed by atoms with Gasteiger partial charge in [0.05, 0.1) is 106 Å². The third kappa shape index (κ3) is 22.4. The fourth-order valence-corrected chi connectivity index (χ4v) is 53.0. The zero-order valence-corrected chi connectivity index (χ0v) is 57.7. The minimum Gasteiger partial charge on any atom is -0.422 e. The van der Waals surface area contributed by atoms with E-state index >= 15 is 0 Å². The molecular weight excluding hydrogens is 1260 g/mol. The molecule has 0 aromatic rings. The van der Waals surface area contributed by atoms with Gasteiger partial charge in [-0.1, -0.05) is 0 Å². The minimum atomic E-state index is -4.39. The minimum absolute atomic E-state index is 0.0636. The van der Waals surface area contributed by atoms with Crippen molar-refractivity contribution in [1.29, 1.82) is 0 Å². The molecule has 85 heavy (non-hydrogen) atoms. The van der Waals surface area contributed by atoms with Crippen molar-refractivity contribution in [1.82, 2.24) is 0 Å². The Balaban J connectivity index is 0.946. The molecule has 12 saturated heterocycles. The first-order valence-electron chi connectivity index (χ1n) is 31.5. The molecule has 12 aliphatic rings. The van der Waals surface area contributed by atoms with Gasteiger partial charge in [-0.15, -0.1) is 0 Å². The van der Waals surface area contributed by atoms with E-state index in [2.05, 4.69) is 0 Å². The Kier molecular flexibility index (Phi) is 24.5. The van der Waals surface area contributed by atoms with E-state index in [-0.39, 0.29) is 91.9 Å². The van der Waals surface area contributed by atoms with Gasteiger partial charge >= 0.3 is 61.6 Å².